The number of hydrogen-bond donors (Lipinski definition) is 3. The molecule has 2 unspecified atom stereocenters. The van der Waals surface area contributed by atoms with Crippen molar-refractivity contribution >= 4 is 11.9 Å². The average molecular weight is 242 g/mol. The lowest BCUT2D eigenvalue weighted by Gasteiger charge is -2.26. The van der Waals surface area contributed by atoms with Gasteiger partial charge in [0.1, 0.15) is 6.04 Å². The van der Waals surface area contributed by atoms with Gasteiger partial charge in [0, 0.05) is 6.54 Å². The molecule has 0 spiro atoms. The van der Waals surface area contributed by atoms with Crippen LogP contribution in [-0.2, 0) is 9.59 Å². The first-order valence-electron chi connectivity index (χ1n) is 6.30. The molecule has 3 atom stereocenters. The smallest absolute Gasteiger partial charge is 0.326 e. The minimum atomic E-state index is -0.948. The fourth-order valence-electron chi connectivity index (χ4n) is 2.03. The molecule has 5 heteroatoms. The Bertz CT molecular complexity index is 275. The van der Waals surface area contributed by atoms with Crippen molar-refractivity contribution in [3.63, 3.8) is 0 Å². The molecule has 1 fully saturated rings. The van der Waals surface area contributed by atoms with Crippen LogP contribution in [0.25, 0.3) is 0 Å². The summed E-state index contributed by atoms with van der Waals surface area (Å²) in [6.45, 7) is 5.36. The van der Waals surface area contributed by atoms with Crippen LogP contribution in [0.3, 0.4) is 0 Å². The monoisotopic (exact) mass is 242 g/mol. The summed E-state index contributed by atoms with van der Waals surface area (Å²) < 4.78 is 0. The molecule has 0 aromatic carbocycles. The summed E-state index contributed by atoms with van der Waals surface area (Å²) >= 11 is 0. The van der Waals surface area contributed by atoms with Gasteiger partial charge in [-0.2, -0.15) is 0 Å². The van der Waals surface area contributed by atoms with Crippen LogP contribution in [0.2, 0.25) is 0 Å². The molecule has 0 aliphatic carbocycles. The molecule has 17 heavy (non-hydrogen) atoms. The van der Waals surface area contributed by atoms with E-state index in [4.69, 9.17) is 5.11 Å². The molecule has 0 aromatic rings. The van der Waals surface area contributed by atoms with E-state index in [1.165, 1.54) is 0 Å². The van der Waals surface area contributed by atoms with E-state index in [9.17, 15) is 9.59 Å². The molecule has 1 amide bonds. The summed E-state index contributed by atoms with van der Waals surface area (Å²) in [5.74, 6) is -1.22. The lowest BCUT2D eigenvalue weighted by atomic mass is 9.95. The Kier molecular flexibility index (Phi) is 5.41. The van der Waals surface area contributed by atoms with Crippen molar-refractivity contribution in [2.24, 2.45) is 11.8 Å². The van der Waals surface area contributed by atoms with E-state index in [-0.39, 0.29) is 17.7 Å². The Labute approximate surface area is 102 Å². The molecule has 0 saturated carbocycles. The number of carboxylic acid groups (broad SMARTS) is 1. The normalized spacial score (nSPS) is 23.8. The molecule has 98 valence electrons. The zero-order valence-electron chi connectivity index (χ0n) is 10.5. The quantitative estimate of drug-likeness (QED) is 0.659. The number of carbonyl (C=O) groups excluding carboxylic acids is 1. The number of carboxylic acids is 1. The third kappa shape index (κ3) is 4.00. The summed E-state index contributed by atoms with van der Waals surface area (Å²) in [7, 11) is 0. The average Bonchev–Trinajstić information content (AvgIpc) is 2.35. The van der Waals surface area contributed by atoms with Gasteiger partial charge in [-0.15, -0.1) is 0 Å². The Morgan fingerprint density at radius 1 is 1.53 bits per heavy atom. The van der Waals surface area contributed by atoms with Crippen molar-refractivity contribution in [2.75, 3.05) is 13.1 Å². The number of hydrogen-bond acceptors (Lipinski definition) is 3. The number of nitrogens with one attached hydrogen (secondary N) is 2. The highest BCUT2D eigenvalue weighted by molar-refractivity contribution is 5.85. The Balaban J connectivity index is 2.53. The van der Waals surface area contributed by atoms with Crippen LogP contribution in [0, 0.1) is 11.8 Å². The first-order valence-corrected chi connectivity index (χ1v) is 6.30. The molecule has 1 heterocycles. The second-order valence-corrected chi connectivity index (χ2v) is 4.75. The highest BCUT2D eigenvalue weighted by atomic mass is 16.4. The highest BCUT2D eigenvalue weighted by Crippen LogP contribution is 2.13. The van der Waals surface area contributed by atoms with E-state index in [1.54, 1.807) is 0 Å². The van der Waals surface area contributed by atoms with E-state index in [0.717, 1.165) is 25.8 Å². The van der Waals surface area contributed by atoms with Crippen molar-refractivity contribution < 1.29 is 14.7 Å². The molecular weight excluding hydrogens is 220 g/mol. The maximum absolute atomic E-state index is 11.9. The van der Waals surface area contributed by atoms with Crippen LogP contribution in [0.1, 0.15) is 33.1 Å². The Morgan fingerprint density at radius 3 is 2.71 bits per heavy atom. The number of amides is 1. The maximum Gasteiger partial charge on any atom is 0.326 e. The maximum atomic E-state index is 11.9. The number of aliphatic carboxylic acids is 1. The van der Waals surface area contributed by atoms with E-state index in [1.807, 2.05) is 13.8 Å². The van der Waals surface area contributed by atoms with Crippen LogP contribution < -0.4 is 10.6 Å². The first-order chi connectivity index (χ1) is 8.06. The molecule has 1 aliphatic rings. The van der Waals surface area contributed by atoms with E-state index in [2.05, 4.69) is 10.6 Å². The third-order valence-corrected chi connectivity index (χ3v) is 3.44. The molecule has 1 aliphatic heterocycles. The topological polar surface area (TPSA) is 78.4 Å². The first kappa shape index (κ1) is 14.0. The van der Waals surface area contributed by atoms with E-state index < -0.39 is 12.0 Å². The van der Waals surface area contributed by atoms with E-state index in [0.29, 0.717) is 6.54 Å². The number of piperidine rings is 1. The predicted octanol–water partition coefficient (Wildman–Crippen LogP) is 0.602. The van der Waals surface area contributed by atoms with Gasteiger partial charge in [0.25, 0.3) is 0 Å². The number of carbonyl (C=O) groups is 2. The van der Waals surface area contributed by atoms with Gasteiger partial charge in [-0.05, 0) is 25.3 Å². The number of rotatable bonds is 5. The molecule has 1 rings (SSSR count). The van der Waals surface area contributed by atoms with Crippen molar-refractivity contribution in [1.82, 2.24) is 10.6 Å². The second-order valence-electron chi connectivity index (χ2n) is 4.75. The van der Waals surface area contributed by atoms with Gasteiger partial charge in [-0.1, -0.05) is 20.3 Å². The standard InChI is InChI=1S/C12H22N2O3/c1-3-8(2)10(12(16)17)14-11(15)9-5-4-6-13-7-9/h8-10,13H,3-7H2,1-2H3,(H,14,15)(H,16,17)/t8?,9?,10-/m0/s1. The van der Waals surface area contributed by atoms with E-state index >= 15 is 0 Å². The highest BCUT2D eigenvalue weighted by Gasteiger charge is 2.29. The predicted molar refractivity (Wildman–Crippen MR) is 64.6 cm³/mol. The van der Waals surface area contributed by atoms with Crippen LogP contribution >= 0.6 is 0 Å². The molecule has 3 N–H and O–H groups in total. The second kappa shape index (κ2) is 6.59. The van der Waals surface area contributed by atoms with Crippen molar-refractivity contribution in [1.29, 1.82) is 0 Å². The van der Waals surface area contributed by atoms with Crippen molar-refractivity contribution in [3.8, 4) is 0 Å². The van der Waals surface area contributed by atoms with Gasteiger partial charge < -0.3 is 15.7 Å². The lowest BCUT2D eigenvalue weighted by Crippen LogP contribution is -2.49. The van der Waals surface area contributed by atoms with Crippen LogP contribution in [-0.4, -0.2) is 36.1 Å². The van der Waals surface area contributed by atoms with Gasteiger partial charge >= 0.3 is 5.97 Å². The largest absolute Gasteiger partial charge is 0.480 e. The molecule has 1 saturated heterocycles. The molecule has 0 radical (unpaired) electrons. The van der Waals surface area contributed by atoms with Crippen LogP contribution in [0.4, 0.5) is 0 Å². The summed E-state index contributed by atoms with van der Waals surface area (Å²) in [6, 6.07) is -0.769. The van der Waals surface area contributed by atoms with Gasteiger partial charge in [0.15, 0.2) is 0 Å². The Morgan fingerprint density at radius 2 is 2.24 bits per heavy atom. The minimum Gasteiger partial charge on any atom is -0.480 e. The van der Waals surface area contributed by atoms with Gasteiger partial charge in [-0.3, -0.25) is 4.79 Å². The van der Waals surface area contributed by atoms with Gasteiger partial charge in [-0.25, -0.2) is 4.79 Å². The van der Waals surface area contributed by atoms with Crippen LogP contribution in [0.15, 0.2) is 0 Å². The zero-order chi connectivity index (χ0) is 12.8. The fourth-order valence-corrected chi connectivity index (χ4v) is 2.03. The molecule has 5 nitrogen and oxygen atoms in total. The SMILES string of the molecule is CCC(C)[C@H](NC(=O)C1CCCNC1)C(=O)O. The molecule has 0 bridgehead atoms. The summed E-state index contributed by atoms with van der Waals surface area (Å²) in [6.07, 6.45) is 2.55. The van der Waals surface area contributed by atoms with Gasteiger partial charge in [0.2, 0.25) is 5.91 Å². The fraction of sp³-hybridized carbons (Fsp3) is 0.833. The third-order valence-electron chi connectivity index (χ3n) is 3.44. The summed E-state index contributed by atoms with van der Waals surface area (Å²) in [4.78, 5) is 23.0. The molecular formula is C12H22N2O3. The Hall–Kier alpha value is -1.10. The van der Waals surface area contributed by atoms with Crippen molar-refractivity contribution in [2.45, 2.75) is 39.2 Å². The summed E-state index contributed by atoms with van der Waals surface area (Å²) in [5, 5.41) is 14.9. The molecule has 0 aromatic heterocycles. The minimum absolute atomic E-state index is 0.0481. The van der Waals surface area contributed by atoms with Crippen molar-refractivity contribution in [3.05, 3.63) is 0 Å². The zero-order valence-corrected chi connectivity index (χ0v) is 10.5. The van der Waals surface area contributed by atoms with Crippen LogP contribution in [0.5, 0.6) is 0 Å². The summed E-state index contributed by atoms with van der Waals surface area (Å²) in [5.41, 5.74) is 0. The lowest BCUT2D eigenvalue weighted by molar-refractivity contribution is -0.144. The van der Waals surface area contributed by atoms with Gasteiger partial charge in [0.05, 0.1) is 5.92 Å².